The van der Waals surface area contributed by atoms with Crippen molar-refractivity contribution >= 4 is 15.9 Å². The summed E-state index contributed by atoms with van der Waals surface area (Å²) < 4.78 is 22.6. The summed E-state index contributed by atoms with van der Waals surface area (Å²) in [5.74, 6) is 0.777. The van der Waals surface area contributed by atoms with Crippen LogP contribution in [0.25, 0.3) is 0 Å². The van der Waals surface area contributed by atoms with Gasteiger partial charge in [-0.2, -0.15) is 0 Å². The molecule has 4 N–H and O–H groups in total. The number of carbonyl (C=O) groups excluding carboxylic acids is 1. The largest absolute Gasteiger partial charge is 0.351 e. The van der Waals surface area contributed by atoms with Crippen molar-refractivity contribution < 1.29 is 18.1 Å². The first-order valence-electron chi connectivity index (χ1n) is 10.6. The third kappa shape index (κ3) is 6.39. The second-order valence-corrected chi connectivity index (χ2v) is 9.80. The molecule has 1 saturated heterocycles. The Balaban J connectivity index is 1.39. The summed E-state index contributed by atoms with van der Waals surface area (Å²) in [6.45, 7) is 4.59. The van der Waals surface area contributed by atoms with Crippen LogP contribution in [0, 0.1) is 5.92 Å². The maximum atomic E-state index is 12.6. The van der Waals surface area contributed by atoms with Crippen molar-refractivity contribution in [2.75, 3.05) is 19.6 Å². The lowest BCUT2D eigenvalue weighted by Gasteiger charge is -2.32. The van der Waals surface area contributed by atoms with Gasteiger partial charge in [-0.3, -0.25) is 4.79 Å². The first-order valence-corrected chi connectivity index (χ1v) is 12.2. The highest BCUT2D eigenvalue weighted by molar-refractivity contribution is 7.89. The summed E-state index contributed by atoms with van der Waals surface area (Å²) in [4.78, 5) is 14.0. The first-order chi connectivity index (χ1) is 14.3. The lowest BCUT2D eigenvalue weighted by Crippen LogP contribution is -3.17. The minimum Gasteiger partial charge on any atom is -0.351 e. The van der Waals surface area contributed by atoms with Crippen molar-refractivity contribution in [1.29, 1.82) is 0 Å². The maximum Gasteiger partial charge on any atom is 0.278 e. The molecule has 0 aliphatic carbocycles. The van der Waals surface area contributed by atoms with E-state index in [4.69, 9.17) is 5.14 Å². The van der Waals surface area contributed by atoms with Gasteiger partial charge in [0.25, 0.3) is 5.91 Å². The SMILES string of the molecule is C[C@@H](C(=O)NCCc1ccc(S(N)(=O)=O)cc1)[NH+]1CCC(Cc2ccccc2)CC1. The molecule has 1 atom stereocenters. The van der Waals surface area contributed by atoms with Crippen molar-refractivity contribution in [3.05, 3.63) is 65.7 Å². The first kappa shape index (κ1) is 22.5. The predicted molar refractivity (Wildman–Crippen MR) is 118 cm³/mol. The van der Waals surface area contributed by atoms with Crippen LogP contribution < -0.4 is 15.4 Å². The summed E-state index contributed by atoms with van der Waals surface area (Å²) in [5.41, 5.74) is 2.36. The molecule has 1 aliphatic rings. The minimum absolute atomic E-state index is 0.0626. The van der Waals surface area contributed by atoms with E-state index < -0.39 is 10.0 Å². The summed E-state index contributed by atoms with van der Waals surface area (Å²) in [6.07, 6.45) is 4.08. The molecule has 0 bridgehead atoms. The number of nitrogens with one attached hydrogen (secondary N) is 2. The Morgan fingerprint density at radius 2 is 1.70 bits per heavy atom. The molecule has 1 amide bonds. The van der Waals surface area contributed by atoms with Crippen LogP contribution in [0.5, 0.6) is 0 Å². The van der Waals surface area contributed by atoms with Gasteiger partial charge in [-0.1, -0.05) is 42.5 Å². The molecule has 2 aromatic rings. The van der Waals surface area contributed by atoms with Crippen LogP contribution in [0.4, 0.5) is 0 Å². The Morgan fingerprint density at radius 3 is 2.30 bits per heavy atom. The van der Waals surface area contributed by atoms with Crippen molar-refractivity contribution in [2.24, 2.45) is 11.1 Å². The Bertz CT molecular complexity index is 922. The molecule has 1 aliphatic heterocycles. The fraction of sp³-hybridized carbons (Fsp3) is 0.435. The van der Waals surface area contributed by atoms with Gasteiger partial charge in [0.1, 0.15) is 0 Å². The lowest BCUT2D eigenvalue weighted by atomic mass is 9.89. The van der Waals surface area contributed by atoms with Crippen molar-refractivity contribution in [3.63, 3.8) is 0 Å². The molecule has 7 heteroatoms. The Kier molecular flexibility index (Phi) is 7.64. The molecule has 6 nitrogen and oxygen atoms in total. The smallest absolute Gasteiger partial charge is 0.278 e. The molecular formula is C23H32N3O3S+. The van der Waals surface area contributed by atoms with Crippen molar-refractivity contribution in [1.82, 2.24) is 5.32 Å². The second kappa shape index (κ2) is 10.2. The molecule has 0 radical (unpaired) electrons. The molecule has 30 heavy (non-hydrogen) atoms. The van der Waals surface area contributed by atoms with Gasteiger partial charge >= 0.3 is 0 Å². The molecule has 0 spiro atoms. The maximum absolute atomic E-state index is 12.6. The van der Waals surface area contributed by atoms with Gasteiger partial charge in [-0.05, 0) is 61.8 Å². The van der Waals surface area contributed by atoms with Gasteiger partial charge in [0, 0.05) is 6.54 Å². The number of hydrogen-bond donors (Lipinski definition) is 3. The molecule has 0 saturated carbocycles. The zero-order valence-electron chi connectivity index (χ0n) is 17.5. The number of primary sulfonamides is 1. The van der Waals surface area contributed by atoms with Gasteiger partial charge in [0.05, 0.1) is 18.0 Å². The highest BCUT2D eigenvalue weighted by Crippen LogP contribution is 2.16. The zero-order valence-corrected chi connectivity index (χ0v) is 18.3. The van der Waals surface area contributed by atoms with Gasteiger partial charge < -0.3 is 10.2 Å². The van der Waals surface area contributed by atoms with Gasteiger partial charge in [-0.25, -0.2) is 13.6 Å². The van der Waals surface area contributed by atoms with E-state index in [1.807, 2.05) is 6.92 Å². The molecule has 2 aromatic carbocycles. The van der Waals surface area contributed by atoms with E-state index in [-0.39, 0.29) is 16.8 Å². The van der Waals surface area contributed by atoms with Crippen LogP contribution in [0.3, 0.4) is 0 Å². The molecule has 162 valence electrons. The topological polar surface area (TPSA) is 93.7 Å². The van der Waals surface area contributed by atoms with E-state index in [0.29, 0.717) is 18.9 Å². The number of carbonyl (C=O) groups is 1. The predicted octanol–water partition coefficient (Wildman–Crippen LogP) is 0.919. The van der Waals surface area contributed by atoms with Crippen LogP contribution in [0.2, 0.25) is 0 Å². The second-order valence-electron chi connectivity index (χ2n) is 8.24. The molecule has 1 heterocycles. The summed E-state index contributed by atoms with van der Waals surface area (Å²) >= 11 is 0. The fourth-order valence-corrected chi connectivity index (χ4v) is 4.66. The number of hydrogen-bond acceptors (Lipinski definition) is 3. The average molecular weight is 431 g/mol. The molecule has 0 unspecified atom stereocenters. The molecule has 3 rings (SSSR count). The highest BCUT2D eigenvalue weighted by Gasteiger charge is 2.29. The monoisotopic (exact) mass is 430 g/mol. The minimum atomic E-state index is -3.67. The van der Waals surface area contributed by atoms with Gasteiger partial charge in [0.2, 0.25) is 10.0 Å². The number of quaternary nitrogens is 1. The Morgan fingerprint density at radius 1 is 1.07 bits per heavy atom. The summed E-state index contributed by atoms with van der Waals surface area (Å²) in [6, 6.07) is 17.0. The third-order valence-electron chi connectivity index (χ3n) is 6.09. The highest BCUT2D eigenvalue weighted by atomic mass is 32.2. The van der Waals surface area contributed by atoms with E-state index in [9.17, 15) is 13.2 Å². The third-order valence-corrected chi connectivity index (χ3v) is 7.01. The number of amides is 1. The number of rotatable bonds is 8. The number of piperidine rings is 1. The van der Waals surface area contributed by atoms with Gasteiger partial charge in [0.15, 0.2) is 6.04 Å². The van der Waals surface area contributed by atoms with E-state index >= 15 is 0 Å². The Hall–Kier alpha value is -2.22. The summed E-state index contributed by atoms with van der Waals surface area (Å²) in [5, 5.41) is 8.13. The lowest BCUT2D eigenvalue weighted by molar-refractivity contribution is -0.920. The molecule has 0 aromatic heterocycles. The van der Waals surface area contributed by atoms with E-state index in [2.05, 4.69) is 35.6 Å². The standard InChI is InChI=1S/C23H31N3O3S/c1-18(26-15-12-21(13-16-26)17-20-5-3-2-4-6-20)23(27)25-14-11-19-7-9-22(10-8-19)30(24,28)29/h2-10,18,21H,11-17H2,1H3,(H,25,27)(H2,24,28,29)/p+1/t18-/m0/s1. The molecule has 1 fully saturated rings. The van der Waals surface area contributed by atoms with Crippen LogP contribution in [0.15, 0.2) is 59.5 Å². The van der Waals surface area contributed by atoms with Gasteiger partial charge in [-0.15, -0.1) is 0 Å². The van der Waals surface area contributed by atoms with E-state index in [1.165, 1.54) is 22.6 Å². The number of nitrogens with two attached hydrogens (primary N) is 1. The van der Waals surface area contributed by atoms with Crippen LogP contribution in [-0.2, 0) is 27.7 Å². The normalized spacial score (nSPS) is 20.5. The van der Waals surface area contributed by atoms with Crippen LogP contribution in [-0.4, -0.2) is 40.0 Å². The average Bonchev–Trinajstić information content (AvgIpc) is 2.74. The van der Waals surface area contributed by atoms with Crippen molar-refractivity contribution in [2.45, 2.75) is 43.5 Å². The summed E-state index contributed by atoms with van der Waals surface area (Å²) in [7, 11) is -3.67. The zero-order chi connectivity index (χ0) is 21.6. The Labute approximate surface area is 179 Å². The van der Waals surface area contributed by atoms with E-state index in [1.54, 1.807) is 12.1 Å². The number of sulfonamides is 1. The quantitative estimate of drug-likeness (QED) is 0.581. The van der Waals surface area contributed by atoms with E-state index in [0.717, 1.165) is 37.9 Å². The van der Waals surface area contributed by atoms with Crippen LogP contribution in [0.1, 0.15) is 30.9 Å². The fourth-order valence-electron chi connectivity index (χ4n) is 4.15. The number of benzene rings is 2. The number of likely N-dealkylation sites (tertiary alicyclic amines) is 1. The van der Waals surface area contributed by atoms with Crippen molar-refractivity contribution in [3.8, 4) is 0 Å². The molecular weight excluding hydrogens is 398 g/mol. The van der Waals surface area contributed by atoms with Crippen LogP contribution >= 0.6 is 0 Å².